The predicted octanol–water partition coefficient (Wildman–Crippen LogP) is 3.38. The molecular weight excluding hydrogens is 254 g/mol. The molecule has 2 rings (SSSR count). The average Bonchev–Trinajstić information content (AvgIpc) is 2.92. The summed E-state index contributed by atoms with van der Waals surface area (Å²) in [6.45, 7) is 5.27. The van der Waals surface area contributed by atoms with Crippen molar-refractivity contribution in [2.75, 3.05) is 6.54 Å². The molecule has 2 aromatic rings. The van der Waals surface area contributed by atoms with Crippen molar-refractivity contribution in [3.8, 4) is 0 Å². The Morgan fingerprint density at radius 3 is 2.58 bits per heavy atom. The number of aryl methyl sites for hydroxylation is 2. The summed E-state index contributed by atoms with van der Waals surface area (Å²) in [5.74, 6) is 0. The molecule has 0 saturated carbocycles. The van der Waals surface area contributed by atoms with Crippen LogP contribution in [0.25, 0.3) is 0 Å². The predicted molar refractivity (Wildman–Crippen MR) is 80.5 cm³/mol. The van der Waals surface area contributed by atoms with Crippen molar-refractivity contribution in [1.29, 1.82) is 0 Å². The normalized spacial score (nSPS) is 12.5. The van der Waals surface area contributed by atoms with Crippen LogP contribution >= 0.6 is 11.3 Å². The van der Waals surface area contributed by atoms with Gasteiger partial charge in [-0.15, -0.1) is 10.2 Å². The van der Waals surface area contributed by atoms with Gasteiger partial charge in [0.05, 0.1) is 6.04 Å². The van der Waals surface area contributed by atoms with E-state index in [0.717, 1.165) is 35.8 Å². The van der Waals surface area contributed by atoms with Crippen molar-refractivity contribution in [3.05, 3.63) is 45.9 Å². The van der Waals surface area contributed by atoms with Crippen LogP contribution in [0.2, 0.25) is 0 Å². The molecule has 0 fully saturated rings. The third-order valence-corrected chi connectivity index (χ3v) is 4.21. The van der Waals surface area contributed by atoms with E-state index in [0.29, 0.717) is 6.04 Å². The van der Waals surface area contributed by atoms with E-state index >= 15 is 0 Å². The Bertz CT molecular complexity index is 481. The molecule has 1 heterocycles. The van der Waals surface area contributed by atoms with Gasteiger partial charge in [-0.25, -0.2) is 0 Å². The van der Waals surface area contributed by atoms with Crippen LogP contribution < -0.4 is 5.32 Å². The fourth-order valence-electron chi connectivity index (χ4n) is 2.06. The number of benzene rings is 1. The van der Waals surface area contributed by atoms with E-state index < -0.39 is 0 Å². The smallest absolute Gasteiger partial charge is 0.134 e. The molecule has 0 radical (unpaired) electrons. The lowest BCUT2D eigenvalue weighted by molar-refractivity contribution is 0.530. The molecule has 0 aliphatic heterocycles. The maximum atomic E-state index is 4.32. The van der Waals surface area contributed by atoms with Gasteiger partial charge in [-0.1, -0.05) is 55.5 Å². The first-order chi connectivity index (χ1) is 9.33. The van der Waals surface area contributed by atoms with E-state index in [1.165, 1.54) is 5.56 Å². The summed E-state index contributed by atoms with van der Waals surface area (Å²) in [7, 11) is 0. The minimum atomic E-state index is 0.355. The topological polar surface area (TPSA) is 37.8 Å². The van der Waals surface area contributed by atoms with Crippen LogP contribution in [0, 0.1) is 0 Å². The molecule has 19 heavy (non-hydrogen) atoms. The van der Waals surface area contributed by atoms with Gasteiger partial charge in [0.2, 0.25) is 0 Å². The third-order valence-electron chi connectivity index (χ3n) is 3.11. The monoisotopic (exact) mass is 275 g/mol. The van der Waals surface area contributed by atoms with Crippen LogP contribution in [0.5, 0.6) is 0 Å². The van der Waals surface area contributed by atoms with E-state index in [-0.39, 0.29) is 0 Å². The lowest BCUT2D eigenvalue weighted by atomic mass is 10.1. The van der Waals surface area contributed by atoms with E-state index in [2.05, 4.69) is 59.7 Å². The molecule has 1 unspecified atom stereocenters. The van der Waals surface area contributed by atoms with Gasteiger partial charge >= 0.3 is 0 Å². The van der Waals surface area contributed by atoms with E-state index in [4.69, 9.17) is 0 Å². The summed E-state index contributed by atoms with van der Waals surface area (Å²) in [6, 6.07) is 10.9. The largest absolute Gasteiger partial charge is 0.308 e. The standard InChI is InChI=1S/C15H21N3S/c1-3-13(16-4-2)15-18-17-14(19-15)11-10-12-8-6-5-7-9-12/h5-9,13,16H,3-4,10-11H2,1-2H3. The molecule has 1 aromatic carbocycles. The zero-order valence-electron chi connectivity index (χ0n) is 11.6. The summed E-state index contributed by atoms with van der Waals surface area (Å²) in [5, 5.41) is 14.3. The Balaban J connectivity index is 1.93. The molecule has 3 nitrogen and oxygen atoms in total. The lowest BCUT2D eigenvalue weighted by Gasteiger charge is -2.10. The van der Waals surface area contributed by atoms with Gasteiger partial charge in [0.15, 0.2) is 0 Å². The minimum absolute atomic E-state index is 0.355. The summed E-state index contributed by atoms with van der Waals surface area (Å²) >= 11 is 1.74. The number of nitrogens with zero attached hydrogens (tertiary/aromatic N) is 2. The van der Waals surface area contributed by atoms with Gasteiger partial charge in [-0.05, 0) is 24.9 Å². The Morgan fingerprint density at radius 2 is 1.89 bits per heavy atom. The highest BCUT2D eigenvalue weighted by molar-refractivity contribution is 7.11. The van der Waals surface area contributed by atoms with Crippen molar-refractivity contribution < 1.29 is 0 Å². The van der Waals surface area contributed by atoms with E-state index in [1.54, 1.807) is 11.3 Å². The first-order valence-electron chi connectivity index (χ1n) is 6.93. The molecule has 102 valence electrons. The molecular formula is C15H21N3S. The second-order valence-corrected chi connectivity index (χ2v) is 5.63. The Morgan fingerprint density at radius 1 is 1.11 bits per heavy atom. The molecule has 0 spiro atoms. The maximum Gasteiger partial charge on any atom is 0.134 e. The molecule has 0 saturated heterocycles. The van der Waals surface area contributed by atoms with E-state index in [9.17, 15) is 0 Å². The highest BCUT2D eigenvalue weighted by Crippen LogP contribution is 2.21. The van der Waals surface area contributed by atoms with Crippen molar-refractivity contribution in [3.63, 3.8) is 0 Å². The molecule has 0 aliphatic carbocycles. The molecule has 4 heteroatoms. The summed E-state index contributed by atoms with van der Waals surface area (Å²) in [5.41, 5.74) is 1.36. The number of hydrogen-bond donors (Lipinski definition) is 1. The highest BCUT2D eigenvalue weighted by atomic mass is 32.1. The van der Waals surface area contributed by atoms with Gasteiger partial charge < -0.3 is 5.32 Å². The molecule has 1 aromatic heterocycles. The quantitative estimate of drug-likeness (QED) is 0.841. The first-order valence-corrected chi connectivity index (χ1v) is 7.74. The van der Waals surface area contributed by atoms with Crippen molar-refractivity contribution in [1.82, 2.24) is 15.5 Å². The Hall–Kier alpha value is -1.26. The molecule has 0 amide bonds. The molecule has 0 bridgehead atoms. The van der Waals surface area contributed by atoms with Gasteiger partial charge in [-0.3, -0.25) is 0 Å². The summed E-state index contributed by atoms with van der Waals surface area (Å²) < 4.78 is 0. The zero-order chi connectivity index (χ0) is 13.5. The lowest BCUT2D eigenvalue weighted by Crippen LogP contribution is -2.19. The van der Waals surface area contributed by atoms with Crippen LogP contribution in [-0.2, 0) is 12.8 Å². The molecule has 0 aliphatic rings. The fraction of sp³-hybridized carbons (Fsp3) is 0.467. The molecule has 1 atom stereocenters. The van der Waals surface area contributed by atoms with Gasteiger partial charge in [-0.2, -0.15) is 0 Å². The van der Waals surface area contributed by atoms with Crippen LogP contribution in [0.4, 0.5) is 0 Å². The molecule has 1 N–H and O–H groups in total. The zero-order valence-corrected chi connectivity index (χ0v) is 12.4. The van der Waals surface area contributed by atoms with Gasteiger partial charge in [0, 0.05) is 6.42 Å². The first kappa shape index (κ1) is 14.2. The Kier molecular flexibility index (Phi) is 5.48. The average molecular weight is 275 g/mol. The summed E-state index contributed by atoms with van der Waals surface area (Å²) in [4.78, 5) is 0. The van der Waals surface area contributed by atoms with Crippen molar-refractivity contribution in [2.45, 2.75) is 39.2 Å². The third kappa shape index (κ3) is 4.11. The summed E-state index contributed by atoms with van der Waals surface area (Å²) in [6.07, 6.45) is 3.07. The Labute approximate surface area is 119 Å². The number of nitrogens with one attached hydrogen (secondary N) is 1. The van der Waals surface area contributed by atoms with Crippen LogP contribution in [-0.4, -0.2) is 16.7 Å². The minimum Gasteiger partial charge on any atom is -0.308 e. The van der Waals surface area contributed by atoms with Gasteiger partial charge in [0.25, 0.3) is 0 Å². The van der Waals surface area contributed by atoms with Crippen LogP contribution in [0.1, 0.15) is 41.9 Å². The van der Waals surface area contributed by atoms with Gasteiger partial charge in [0.1, 0.15) is 10.0 Å². The number of aromatic nitrogens is 2. The van der Waals surface area contributed by atoms with Crippen molar-refractivity contribution >= 4 is 11.3 Å². The van der Waals surface area contributed by atoms with Crippen LogP contribution in [0.15, 0.2) is 30.3 Å². The number of hydrogen-bond acceptors (Lipinski definition) is 4. The van der Waals surface area contributed by atoms with Crippen LogP contribution in [0.3, 0.4) is 0 Å². The van der Waals surface area contributed by atoms with Crippen molar-refractivity contribution in [2.24, 2.45) is 0 Å². The maximum absolute atomic E-state index is 4.32. The second-order valence-electron chi connectivity index (χ2n) is 4.54. The van der Waals surface area contributed by atoms with E-state index in [1.807, 2.05) is 0 Å². The second kappa shape index (κ2) is 7.36. The number of rotatable bonds is 7. The highest BCUT2D eigenvalue weighted by Gasteiger charge is 2.13. The fourth-order valence-corrected chi connectivity index (χ4v) is 3.06. The SMILES string of the molecule is CCNC(CC)c1nnc(CCc2ccccc2)s1.